The first kappa shape index (κ1) is 14.0. The van der Waals surface area contributed by atoms with Gasteiger partial charge in [0.05, 0.1) is 0 Å². The quantitative estimate of drug-likeness (QED) is 0.881. The van der Waals surface area contributed by atoms with E-state index in [-0.39, 0.29) is 0 Å². The molecule has 19 heavy (non-hydrogen) atoms. The van der Waals surface area contributed by atoms with Gasteiger partial charge < -0.3 is 5.32 Å². The molecule has 1 aromatic carbocycles. The first-order valence-corrected chi connectivity index (χ1v) is 7.07. The minimum atomic E-state index is 0.295. The van der Waals surface area contributed by atoms with Crippen LogP contribution >= 0.6 is 0 Å². The topological polar surface area (TPSA) is 24.9 Å². The molecule has 0 aliphatic heterocycles. The van der Waals surface area contributed by atoms with Crippen molar-refractivity contribution in [2.75, 3.05) is 6.54 Å². The zero-order valence-corrected chi connectivity index (χ0v) is 12.4. The van der Waals surface area contributed by atoms with Gasteiger partial charge in [-0.3, -0.25) is 4.98 Å². The van der Waals surface area contributed by atoms with Gasteiger partial charge in [-0.2, -0.15) is 0 Å². The van der Waals surface area contributed by atoms with Crippen LogP contribution in [0.5, 0.6) is 0 Å². The van der Waals surface area contributed by atoms with E-state index >= 15 is 0 Å². The van der Waals surface area contributed by atoms with Crippen LogP contribution < -0.4 is 5.32 Å². The molecular weight excluding hydrogens is 232 g/mol. The summed E-state index contributed by atoms with van der Waals surface area (Å²) < 4.78 is 0. The maximum absolute atomic E-state index is 4.41. The van der Waals surface area contributed by atoms with Gasteiger partial charge in [-0.1, -0.05) is 52.0 Å². The fraction of sp³-hybridized carbons (Fsp3) is 0.471. The van der Waals surface area contributed by atoms with Crippen molar-refractivity contribution in [2.45, 2.75) is 40.2 Å². The zero-order valence-electron chi connectivity index (χ0n) is 12.4. The third-order valence-electron chi connectivity index (χ3n) is 3.34. The van der Waals surface area contributed by atoms with Crippen LogP contribution in [0.4, 0.5) is 0 Å². The van der Waals surface area contributed by atoms with Gasteiger partial charge in [0.15, 0.2) is 0 Å². The minimum Gasteiger partial charge on any atom is -0.310 e. The summed E-state index contributed by atoms with van der Waals surface area (Å²) in [6.45, 7) is 10.00. The zero-order chi connectivity index (χ0) is 13.9. The minimum absolute atomic E-state index is 0.295. The molecule has 2 nitrogen and oxygen atoms in total. The van der Waals surface area contributed by atoms with Crippen molar-refractivity contribution >= 4 is 10.8 Å². The lowest BCUT2D eigenvalue weighted by Gasteiger charge is -2.27. The first-order valence-electron chi connectivity index (χ1n) is 7.07. The number of hydrogen-bond donors (Lipinski definition) is 1. The summed E-state index contributed by atoms with van der Waals surface area (Å²) in [5.41, 5.74) is 1.61. The monoisotopic (exact) mass is 256 g/mol. The molecule has 1 aromatic heterocycles. The van der Waals surface area contributed by atoms with Crippen LogP contribution in [0.2, 0.25) is 0 Å². The molecule has 0 aliphatic rings. The van der Waals surface area contributed by atoms with Crippen LogP contribution in [-0.4, -0.2) is 11.5 Å². The molecule has 0 aliphatic carbocycles. The Balaban J connectivity index is 2.44. The normalized spacial score (nSPS) is 13.7. The van der Waals surface area contributed by atoms with Crippen LogP contribution in [0.3, 0.4) is 0 Å². The molecule has 2 aromatic rings. The van der Waals surface area contributed by atoms with Crippen molar-refractivity contribution in [2.24, 2.45) is 5.41 Å². The average molecular weight is 256 g/mol. The van der Waals surface area contributed by atoms with Gasteiger partial charge in [0.1, 0.15) is 0 Å². The second-order valence-corrected chi connectivity index (χ2v) is 6.32. The standard InChI is InChI=1S/C17H24N2/c1-5-19-16(10-17(2,3)4)15-12-18-11-13-8-6-7-9-14(13)15/h6-9,11-12,16,19H,5,10H2,1-4H3. The Morgan fingerprint density at radius 2 is 1.89 bits per heavy atom. The number of nitrogens with one attached hydrogen (secondary N) is 1. The van der Waals surface area contributed by atoms with E-state index in [0.717, 1.165) is 13.0 Å². The van der Waals surface area contributed by atoms with Crippen molar-refractivity contribution in [1.29, 1.82) is 0 Å². The fourth-order valence-corrected chi connectivity index (χ4v) is 2.57. The Labute approximate surface area is 116 Å². The van der Waals surface area contributed by atoms with Crippen LogP contribution in [0.15, 0.2) is 36.7 Å². The molecule has 1 unspecified atom stereocenters. The molecule has 0 saturated carbocycles. The van der Waals surface area contributed by atoms with Crippen LogP contribution in [0.25, 0.3) is 10.8 Å². The maximum atomic E-state index is 4.41. The second kappa shape index (κ2) is 5.70. The Bertz CT molecular complexity index is 535. The number of nitrogens with zero attached hydrogens (tertiary/aromatic N) is 1. The lowest BCUT2D eigenvalue weighted by Crippen LogP contribution is -2.25. The molecule has 2 rings (SSSR count). The van der Waals surface area contributed by atoms with Gasteiger partial charge in [-0.15, -0.1) is 0 Å². The van der Waals surface area contributed by atoms with Gasteiger partial charge in [-0.05, 0) is 29.3 Å². The highest BCUT2D eigenvalue weighted by Crippen LogP contribution is 2.32. The van der Waals surface area contributed by atoms with E-state index in [1.807, 2.05) is 12.4 Å². The molecule has 0 fully saturated rings. The van der Waals surface area contributed by atoms with Crippen molar-refractivity contribution in [3.8, 4) is 0 Å². The van der Waals surface area contributed by atoms with Gasteiger partial charge in [0, 0.05) is 23.8 Å². The molecule has 1 N–H and O–H groups in total. The van der Waals surface area contributed by atoms with Crippen LogP contribution in [-0.2, 0) is 0 Å². The summed E-state index contributed by atoms with van der Waals surface area (Å²) in [7, 11) is 0. The van der Waals surface area contributed by atoms with E-state index in [0.29, 0.717) is 11.5 Å². The van der Waals surface area contributed by atoms with Crippen molar-refractivity contribution in [3.63, 3.8) is 0 Å². The van der Waals surface area contributed by atoms with E-state index in [2.05, 4.69) is 62.3 Å². The van der Waals surface area contributed by atoms with E-state index in [4.69, 9.17) is 0 Å². The van der Waals surface area contributed by atoms with E-state index in [1.165, 1.54) is 16.3 Å². The van der Waals surface area contributed by atoms with Crippen molar-refractivity contribution < 1.29 is 0 Å². The number of aromatic nitrogens is 1. The van der Waals surface area contributed by atoms with Gasteiger partial charge in [-0.25, -0.2) is 0 Å². The summed E-state index contributed by atoms with van der Waals surface area (Å²) in [6, 6.07) is 8.86. The molecule has 0 spiro atoms. The molecule has 1 heterocycles. The lowest BCUT2D eigenvalue weighted by atomic mass is 9.84. The summed E-state index contributed by atoms with van der Waals surface area (Å²) in [4.78, 5) is 4.41. The smallest absolute Gasteiger partial charge is 0.0346 e. The largest absolute Gasteiger partial charge is 0.310 e. The van der Waals surface area contributed by atoms with Crippen LogP contribution in [0, 0.1) is 5.41 Å². The summed E-state index contributed by atoms with van der Waals surface area (Å²) in [5, 5.41) is 6.14. The van der Waals surface area contributed by atoms with E-state index in [1.54, 1.807) is 0 Å². The van der Waals surface area contributed by atoms with Crippen molar-refractivity contribution in [1.82, 2.24) is 10.3 Å². The fourth-order valence-electron chi connectivity index (χ4n) is 2.57. The predicted molar refractivity (Wildman–Crippen MR) is 82.2 cm³/mol. The third kappa shape index (κ3) is 3.54. The molecule has 1 atom stereocenters. The molecule has 0 saturated heterocycles. The number of pyridine rings is 1. The SMILES string of the molecule is CCNC(CC(C)(C)C)c1cncc2ccccc12. The van der Waals surface area contributed by atoms with Gasteiger partial charge >= 0.3 is 0 Å². The van der Waals surface area contributed by atoms with Gasteiger partial charge in [0.25, 0.3) is 0 Å². The first-order chi connectivity index (χ1) is 9.01. The van der Waals surface area contributed by atoms with E-state index in [9.17, 15) is 0 Å². The number of rotatable bonds is 4. The summed E-state index contributed by atoms with van der Waals surface area (Å²) >= 11 is 0. The highest BCUT2D eigenvalue weighted by atomic mass is 14.9. The number of hydrogen-bond acceptors (Lipinski definition) is 2. The van der Waals surface area contributed by atoms with E-state index < -0.39 is 0 Å². The van der Waals surface area contributed by atoms with Crippen molar-refractivity contribution in [3.05, 3.63) is 42.2 Å². The predicted octanol–water partition coefficient (Wildman–Crippen LogP) is 4.32. The molecule has 2 heteroatoms. The highest BCUT2D eigenvalue weighted by Gasteiger charge is 2.21. The third-order valence-corrected chi connectivity index (χ3v) is 3.34. The Morgan fingerprint density at radius 3 is 2.58 bits per heavy atom. The Hall–Kier alpha value is -1.41. The average Bonchev–Trinajstić information content (AvgIpc) is 2.36. The number of fused-ring (bicyclic) bond motifs is 1. The summed E-state index contributed by atoms with van der Waals surface area (Å²) in [6.07, 6.45) is 5.07. The number of benzene rings is 1. The Kier molecular flexibility index (Phi) is 4.20. The molecule has 0 bridgehead atoms. The molecule has 0 radical (unpaired) electrons. The molecular formula is C17H24N2. The van der Waals surface area contributed by atoms with Crippen LogP contribution in [0.1, 0.15) is 45.7 Å². The van der Waals surface area contributed by atoms with Gasteiger partial charge in [0.2, 0.25) is 0 Å². The summed E-state index contributed by atoms with van der Waals surface area (Å²) in [5.74, 6) is 0. The maximum Gasteiger partial charge on any atom is 0.0346 e. The molecule has 102 valence electrons. The Morgan fingerprint density at radius 1 is 1.16 bits per heavy atom. The molecule has 0 amide bonds. The lowest BCUT2D eigenvalue weighted by molar-refractivity contribution is 0.315. The second-order valence-electron chi connectivity index (χ2n) is 6.32. The highest BCUT2D eigenvalue weighted by molar-refractivity contribution is 5.85.